The van der Waals surface area contributed by atoms with Gasteiger partial charge in [0.2, 0.25) is 23.6 Å². The van der Waals surface area contributed by atoms with Crippen molar-refractivity contribution in [2.75, 3.05) is 38.2 Å². The van der Waals surface area contributed by atoms with Crippen molar-refractivity contribution in [2.24, 2.45) is 5.92 Å². The molecule has 0 bridgehead atoms. The van der Waals surface area contributed by atoms with Crippen molar-refractivity contribution in [3.05, 3.63) is 42.0 Å². The highest BCUT2D eigenvalue weighted by Crippen LogP contribution is 2.13. The van der Waals surface area contributed by atoms with E-state index in [-0.39, 0.29) is 48.8 Å². The van der Waals surface area contributed by atoms with Crippen molar-refractivity contribution < 1.29 is 48.9 Å². The third-order valence-electron chi connectivity index (χ3n) is 7.96. The third kappa shape index (κ3) is 17.0. The van der Waals surface area contributed by atoms with Gasteiger partial charge in [-0.1, -0.05) is 32.4 Å². The van der Waals surface area contributed by atoms with Crippen molar-refractivity contribution in [1.82, 2.24) is 31.5 Å². The van der Waals surface area contributed by atoms with Gasteiger partial charge in [0.25, 0.3) is 11.8 Å². The van der Waals surface area contributed by atoms with Crippen LogP contribution in [-0.4, -0.2) is 118 Å². The molecule has 53 heavy (non-hydrogen) atoms. The van der Waals surface area contributed by atoms with Crippen LogP contribution in [0, 0.1) is 5.92 Å². The van der Waals surface area contributed by atoms with E-state index in [9.17, 15) is 48.9 Å². The van der Waals surface area contributed by atoms with Crippen LogP contribution in [0.25, 0.3) is 0 Å². The molecule has 18 heteroatoms. The number of carboxylic acids is 1. The summed E-state index contributed by atoms with van der Waals surface area (Å²) >= 11 is 5.22. The number of aliphatic hydroxyl groups is 2. The molecule has 1 aliphatic heterocycles. The summed E-state index contributed by atoms with van der Waals surface area (Å²) in [5.41, 5.74) is 1.88. The van der Waals surface area contributed by atoms with Gasteiger partial charge in [0, 0.05) is 37.3 Å². The van der Waals surface area contributed by atoms with Gasteiger partial charge in [0.1, 0.15) is 18.1 Å². The average Bonchev–Trinajstić information content (AvgIpc) is 3.43. The van der Waals surface area contributed by atoms with Crippen LogP contribution in [0.1, 0.15) is 64.4 Å². The molecule has 1 aliphatic rings. The van der Waals surface area contributed by atoms with Crippen LogP contribution in [0.5, 0.6) is 0 Å². The molecule has 0 fully saturated rings. The van der Waals surface area contributed by atoms with Crippen LogP contribution in [0.2, 0.25) is 0 Å². The Morgan fingerprint density at radius 2 is 1.36 bits per heavy atom. The summed E-state index contributed by atoms with van der Waals surface area (Å²) in [4.78, 5) is 86.1. The van der Waals surface area contributed by atoms with Gasteiger partial charge in [-0.15, -0.1) is 0 Å². The smallest absolute Gasteiger partial charge is 0.326 e. The molecule has 0 spiro atoms. The number of imide groups is 1. The Morgan fingerprint density at radius 1 is 0.755 bits per heavy atom. The first-order chi connectivity index (χ1) is 25.2. The average molecular weight is 762 g/mol. The lowest BCUT2D eigenvalue weighted by molar-refractivity contribution is -0.143. The number of benzene rings is 1. The highest BCUT2D eigenvalue weighted by Gasteiger charge is 2.29. The third-order valence-corrected chi connectivity index (χ3v) is 8.20. The normalized spacial score (nSPS) is 13.9. The highest BCUT2D eigenvalue weighted by molar-refractivity contribution is 7.80. The minimum absolute atomic E-state index is 0.00563. The van der Waals surface area contributed by atoms with Gasteiger partial charge < -0.3 is 47.2 Å². The van der Waals surface area contributed by atoms with Crippen LogP contribution < -0.4 is 31.9 Å². The first-order valence-corrected chi connectivity index (χ1v) is 17.9. The molecule has 2 rings (SSSR count). The van der Waals surface area contributed by atoms with Gasteiger partial charge >= 0.3 is 5.97 Å². The lowest BCUT2D eigenvalue weighted by atomic mass is 10.0. The molecule has 0 aliphatic carbocycles. The molecule has 17 nitrogen and oxygen atoms in total. The number of carbonyl (C=O) groups is 7. The minimum Gasteiger partial charge on any atom is -0.480 e. The summed E-state index contributed by atoms with van der Waals surface area (Å²) < 4.78 is 0. The van der Waals surface area contributed by atoms with Crippen molar-refractivity contribution in [3.8, 4) is 0 Å². The molecule has 3 unspecified atom stereocenters. The van der Waals surface area contributed by atoms with E-state index in [4.69, 9.17) is 12.2 Å². The molecular formula is C35H51N7O10S. The molecule has 292 valence electrons. The number of hydrogen-bond acceptors (Lipinski definition) is 10. The van der Waals surface area contributed by atoms with Crippen molar-refractivity contribution in [2.45, 2.75) is 83.3 Å². The standard InChI is InChI=1S/C35H51N7O10S/c1-22(2)18-23-10-12-24(13-11-23)38-35(53)37-19-29(46)39-26(20-43)32(49)41-27(21-44)33(50)40-25(34(51)52)8-5-6-16-36-28(45)9-4-3-7-17-42-30(47)14-15-31(42)48/h10-15,22,25-27,43-44H,3-9,16-21H2,1-2H3,(H,36,45)(H,39,46)(H,40,50)(H,41,49)(H,51,52)(H2,37,38,53). The van der Waals surface area contributed by atoms with Crippen LogP contribution in [0.3, 0.4) is 0 Å². The Bertz CT molecular complexity index is 1450. The topological polar surface area (TPSA) is 256 Å². The number of unbranched alkanes of at least 4 members (excludes halogenated alkanes) is 3. The van der Waals surface area contributed by atoms with Crippen molar-refractivity contribution in [3.63, 3.8) is 0 Å². The Labute approximate surface area is 313 Å². The fourth-order valence-corrected chi connectivity index (χ4v) is 5.33. The highest BCUT2D eigenvalue weighted by atomic mass is 32.1. The minimum atomic E-state index is -1.58. The zero-order chi connectivity index (χ0) is 39.3. The number of aliphatic carboxylic acids is 1. The predicted molar refractivity (Wildman–Crippen MR) is 198 cm³/mol. The lowest BCUT2D eigenvalue weighted by Gasteiger charge is -2.22. The molecule has 3 atom stereocenters. The Morgan fingerprint density at radius 3 is 1.94 bits per heavy atom. The first kappa shape index (κ1) is 44.2. The molecule has 0 aromatic heterocycles. The fourth-order valence-electron chi connectivity index (χ4n) is 5.14. The fraction of sp³-hybridized carbons (Fsp3) is 0.543. The van der Waals surface area contributed by atoms with E-state index in [0.29, 0.717) is 50.3 Å². The maximum Gasteiger partial charge on any atom is 0.326 e. The Hall–Kier alpha value is -4.94. The predicted octanol–water partition coefficient (Wildman–Crippen LogP) is -0.533. The van der Waals surface area contributed by atoms with E-state index in [2.05, 4.69) is 45.7 Å². The molecular weight excluding hydrogens is 710 g/mol. The number of nitrogens with one attached hydrogen (secondary N) is 6. The number of amides is 6. The molecule has 0 saturated heterocycles. The summed E-state index contributed by atoms with van der Waals surface area (Å²) in [5.74, 6) is -4.40. The summed E-state index contributed by atoms with van der Waals surface area (Å²) in [7, 11) is 0. The SMILES string of the molecule is CC(C)Cc1ccc(NC(=S)NCC(=O)NC(CO)C(=O)NC(CO)C(=O)NC(CCCCNC(=O)CCCCCN2C(=O)C=CC2=O)C(=O)O)cc1. The lowest BCUT2D eigenvalue weighted by Crippen LogP contribution is -2.58. The number of carbonyl (C=O) groups excluding carboxylic acids is 6. The number of anilines is 1. The molecule has 9 N–H and O–H groups in total. The molecule has 1 aromatic rings. The molecule has 6 amide bonds. The quantitative estimate of drug-likeness (QED) is 0.0365. The van der Waals surface area contributed by atoms with Crippen LogP contribution in [0.4, 0.5) is 5.69 Å². The zero-order valence-corrected chi connectivity index (χ0v) is 30.8. The molecule has 1 heterocycles. The molecule has 0 saturated carbocycles. The molecule has 1 aromatic carbocycles. The monoisotopic (exact) mass is 761 g/mol. The van der Waals surface area contributed by atoms with Gasteiger partial charge in [0.05, 0.1) is 19.8 Å². The van der Waals surface area contributed by atoms with E-state index >= 15 is 0 Å². The van der Waals surface area contributed by atoms with Gasteiger partial charge in [-0.05, 0) is 74.4 Å². The second-order valence-corrected chi connectivity index (χ2v) is 13.3. The van der Waals surface area contributed by atoms with E-state index in [1.807, 2.05) is 24.3 Å². The van der Waals surface area contributed by atoms with Crippen LogP contribution in [0.15, 0.2) is 36.4 Å². The van der Waals surface area contributed by atoms with Gasteiger partial charge in [0.15, 0.2) is 5.11 Å². The van der Waals surface area contributed by atoms with E-state index < -0.39 is 55.0 Å². The van der Waals surface area contributed by atoms with Crippen molar-refractivity contribution >= 4 is 64.4 Å². The maximum absolute atomic E-state index is 12.8. The number of hydrogen-bond donors (Lipinski definition) is 9. The van der Waals surface area contributed by atoms with Gasteiger partial charge in [-0.3, -0.25) is 33.7 Å². The first-order valence-electron chi connectivity index (χ1n) is 17.5. The summed E-state index contributed by atoms with van der Waals surface area (Å²) in [6, 6.07) is 3.21. The zero-order valence-electron chi connectivity index (χ0n) is 30.0. The Balaban J connectivity index is 1.68. The van der Waals surface area contributed by atoms with Gasteiger partial charge in [-0.25, -0.2) is 4.79 Å². The number of nitrogens with zero attached hydrogens (tertiary/aromatic N) is 1. The number of rotatable bonds is 24. The van der Waals surface area contributed by atoms with E-state index in [1.165, 1.54) is 17.7 Å². The number of carboxylic acid groups (broad SMARTS) is 1. The van der Waals surface area contributed by atoms with E-state index in [0.717, 1.165) is 11.3 Å². The van der Waals surface area contributed by atoms with E-state index in [1.54, 1.807) is 0 Å². The van der Waals surface area contributed by atoms with Crippen LogP contribution >= 0.6 is 12.2 Å². The second kappa shape index (κ2) is 23.6. The summed E-state index contributed by atoms with van der Waals surface area (Å²) in [6.07, 6.45) is 6.14. The second-order valence-electron chi connectivity index (χ2n) is 12.9. The summed E-state index contributed by atoms with van der Waals surface area (Å²) in [5, 5.41) is 44.3. The summed E-state index contributed by atoms with van der Waals surface area (Å²) in [6.45, 7) is 2.73. The van der Waals surface area contributed by atoms with Crippen LogP contribution in [-0.2, 0) is 40.0 Å². The van der Waals surface area contributed by atoms with Crippen molar-refractivity contribution in [1.29, 1.82) is 0 Å². The largest absolute Gasteiger partial charge is 0.480 e. The molecule has 0 radical (unpaired) electrons. The maximum atomic E-state index is 12.8. The van der Waals surface area contributed by atoms with Gasteiger partial charge in [-0.2, -0.15) is 0 Å². The number of aliphatic hydroxyl groups excluding tert-OH is 2. The Kier molecular flexibility index (Phi) is 19.7. The number of thiocarbonyl (C=S) groups is 1.